The van der Waals surface area contributed by atoms with Crippen LogP contribution in [-0.4, -0.2) is 29.5 Å². The van der Waals surface area contributed by atoms with E-state index in [2.05, 4.69) is 41.2 Å². The van der Waals surface area contributed by atoms with E-state index >= 15 is 0 Å². The molecule has 0 saturated carbocycles. The van der Waals surface area contributed by atoms with Crippen LogP contribution < -0.4 is 5.32 Å². The van der Waals surface area contributed by atoms with Crippen LogP contribution in [0.3, 0.4) is 0 Å². The number of pyridine rings is 1. The predicted octanol–water partition coefficient (Wildman–Crippen LogP) is 2.81. The summed E-state index contributed by atoms with van der Waals surface area (Å²) in [5.41, 5.74) is 2.48. The lowest BCUT2D eigenvalue weighted by Gasteiger charge is -2.25. The maximum Gasteiger partial charge on any atom is 0.0544 e. The highest BCUT2D eigenvalue weighted by Crippen LogP contribution is 2.12. The van der Waals surface area contributed by atoms with Crippen LogP contribution >= 0.6 is 0 Å². The molecule has 0 atom stereocenters. The Morgan fingerprint density at radius 3 is 2.63 bits per heavy atom. The zero-order chi connectivity index (χ0) is 13.5. The monoisotopic (exact) mass is 261 g/mol. The molecule has 2 rings (SSSR count). The van der Waals surface area contributed by atoms with Crippen LogP contribution in [-0.2, 0) is 13.1 Å². The highest BCUT2D eigenvalue weighted by molar-refractivity contribution is 5.14. The molecule has 0 aromatic carbocycles. The molecule has 0 radical (unpaired) electrons. The lowest BCUT2D eigenvalue weighted by molar-refractivity contribution is 0.218. The van der Waals surface area contributed by atoms with E-state index < -0.39 is 0 Å². The Balaban J connectivity index is 1.77. The Morgan fingerprint density at radius 2 is 2.00 bits per heavy atom. The SMILES string of the molecule is CC(C)CNCc1ccc(CN2CCCCC2)nc1. The topological polar surface area (TPSA) is 28.2 Å². The van der Waals surface area contributed by atoms with Gasteiger partial charge in [0.05, 0.1) is 5.69 Å². The van der Waals surface area contributed by atoms with Gasteiger partial charge in [-0.1, -0.05) is 26.3 Å². The average molecular weight is 261 g/mol. The van der Waals surface area contributed by atoms with Crippen LogP contribution in [0, 0.1) is 5.92 Å². The third-order valence-electron chi connectivity index (χ3n) is 3.60. The Bertz CT molecular complexity index is 353. The van der Waals surface area contributed by atoms with Crippen molar-refractivity contribution in [1.29, 1.82) is 0 Å². The minimum Gasteiger partial charge on any atom is -0.312 e. The summed E-state index contributed by atoms with van der Waals surface area (Å²) in [5, 5.41) is 3.45. The summed E-state index contributed by atoms with van der Waals surface area (Å²) in [4.78, 5) is 7.11. The summed E-state index contributed by atoms with van der Waals surface area (Å²) < 4.78 is 0. The highest BCUT2D eigenvalue weighted by atomic mass is 15.1. The van der Waals surface area contributed by atoms with Crippen molar-refractivity contribution < 1.29 is 0 Å². The molecule has 1 aliphatic heterocycles. The Hall–Kier alpha value is -0.930. The first kappa shape index (κ1) is 14.5. The van der Waals surface area contributed by atoms with E-state index in [0.717, 1.165) is 19.6 Å². The van der Waals surface area contributed by atoms with E-state index in [9.17, 15) is 0 Å². The van der Waals surface area contributed by atoms with Crippen LogP contribution in [0.25, 0.3) is 0 Å². The Kier molecular flexibility index (Phi) is 5.80. The molecule has 1 aromatic heterocycles. The van der Waals surface area contributed by atoms with Crippen LogP contribution in [0.1, 0.15) is 44.4 Å². The molecule has 0 aliphatic carbocycles. The molecular weight excluding hydrogens is 234 g/mol. The predicted molar refractivity (Wildman–Crippen MR) is 79.9 cm³/mol. The van der Waals surface area contributed by atoms with Gasteiger partial charge in [0.25, 0.3) is 0 Å². The molecule has 3 heteroatoms. The molecule has 0 bridgehead atoms. The third kappa shape index (κ3) is 5.29. The highest BCUT2D eigenvalue weighted by Gasteiger charge is 2.10. The van der Waals surface area contributed by atoms with E-state index in [1.54, 1.807) is 0 Å². The largest absolute Gasteiger partial charge is 0.312 e. The Morgan fingerprint density at radius 1 is 1.21 bits per heavy atom. The van der Waals surface area contributed by atoms with Crippen LogP contribution in [0.15, 0.2) is 18.3 Å². The maximum atomic E-state index is 4.59. The van der Waals surface area contributed by atoms with Gasteiger partial charge >= 0.3 is 0 Å². The van der Waals surface area contributed by atoms with Crippen molar-refractivity contribution >= 4 is 0 Å². The fourth-order valence-electron chi connectivity index (χ4n) is 2.51. The summed E-state index contributed by atoms with van der Waals surface area (Å²) in [6.45, 7) is 9.93. The van der Waals surface area contributed by atoms with Gasteiger partial charge in [0.1, 0.15) is 0 Å². The number of aromatic nitrogens is 1. The normalized spacial score (nSPS) is 17.0. The molecule has 1 aliphatic rings. The standard InChI is InChI=1S/C16H27N3/c1-14(2)10-17-11-15-6-7-16(18-12-15)13-19-8-4-3-5-9-19/h6-7,12,14,17H,3-5,8-11,13H2,1-2H3. The van der Waals surface area contributed by atoms with Crippen molar-refractivity contribution in [2.45, 2.75) is 46.2 Å². The van der Waals surface area contributed by atoms with E-state index in [4.69, 9.17) is 0 Å². The van der Waals surface area contributed by atoms with Gasteiger partial charge in [-0.15, -0.1) is 0 Å². The van der Waals surface area contributed by atoms with Crippen molar-refractivity contribution in [3.63, 3.8) is 0 Å². The van der Waals surface area contributed by atoms with Crippen molar-refractivity contribution in [2.75, 3.05) is 19.6 Å². The minimum absolute atomic E-state index is 0.700. The van der Waals surface area contributed by atoms with Crippen LogP contribution in [0.5, 0.6) is 0 Å². The summed E-state index contributed by atoms with van der Waals surface area (Å²) in [6, 6.07) is 4.39. The molecule has 19 heavy (non-hydrogen) atoms. The lowest BCUT2D eigenvalue weighted by atomic mass is 10.1. The summed E-state index contributed by atoms with van der Waals surface area (Å²) >= 11 is 0. The fourth-order valence-corrected chi connectivity index (χ4v) is 2.51. The van der Waals surface area contributed by atoms with Crippen LogP contribution in [0.2, 0.25) is 0 Å². The van der Waals surface area contributed by atoms with Gasteiger partial charge in [0.15, 0.2) is 0 Å². The number of hydrogen-bond acceptors (Lipinski definition) is 3. The quantitative estimate of drug-likeness (QED) is 0.853. The third-order valence-corrected chi connectivity index (χ3v) is 3.60. The molecule has 3 nitrogen and oxygen atoms in total. The first-order chi connectivity index (χ1) is 9.24. The van der Waals surface area contributed by atoms with E-state index in [1.807, 2.05) is 6.20 Å². The van der Waals surface area contributed by atoms with Gasteiger partial charge in [0, 0.05) is 19.3 Å². The molecule has 0 spiro atoms. The van der Waals surface area contributed by atoms with E-state index in [-0.39, 0.29) is 0 Å². The second kappa shape index (κ2) is 7.61. The number of rotatable bonds is 6. The average Bonchev–Trinajstić information content (AvgIpc) is 2.42. The zero-order valence-electron chi connectivity index (χ0n) is 12.4. The fraction of sp³-hybridized carbons (Fsp3) is 0.688. The number of nitrogens with zero attached hydrogens (tertiary/aromatic N) is 2. The van der Waals surface area contributed by atoms with Crippen molar-refractivity contribution in [2.24, 2.45) is 5.92 Å². The number of nitrogens with one attached hydrogen (secondary N) is 1. The first-order valence-electron chi connectivity index (χ1n) is 7.61. The molecule has 1 N–H and O–H groups in total. The van der Waals surface area contributed by atoms with Gasteiger partial charge in [-0.2, -0.15) is 0 Å². The Labute approximate surface area is 117 Å². The molecule has 1 fully saturated rings. The molecule has 1 aromatic rings. The number of likely N-dealkylation sites (tertiary alicyclic amines) is 1. The van der Waals surface area contributed by atoms with Gasteiger partial charge < -0.3 is 5.32 Å². The van der Waals surface area contributed by atoms with Crippen LogP contribution in [0.4, 0.5) is 0 Å². The molecule has 106 valence electrons. The second-order valence-electron chi connectivity index (χ2n) is 6.02. The van der Waals surface area contributed by atoms with Crippen molar-refractivity contribution in [1.82, 2.24) is 15.2 Å². The van der Waals surface area contributed by atoms with E-state index in [1.165, 1.54) is 43.6 Å². The minimum atomic E-state index is 0.700. The number of hydrogen-bond donors (Lipinski definition) is 1. The summed E-state index contributed by atoms with van der Waals surface area (Å²) in [7, 11) is 0. The zero-order valence-corrected chi connectivity index (χ0v) is 12.4. The number of piperidine rings is 1. The van der Waals surface area contributed by atoms with Crippen molar-refractivity contribution in [3.05, 3.63) is 29.6 Å². The smallest absolute Gasteiger partial charge is 0.0544 e. The lowest BCUT2D eigenvalue weighted by Crippen LogP contribution is -2.29. The maximum absolute atomic E-state index is 4.59. The first-order valence-corrected chi connectivity index (χ1v) is 7.61. The molecule has 0 unspecified atom stereocenters. The summed E-state index contributed by atoms with van der Waals surface area (Å²) in [6.07, 6.45) is 6.10. The van der Waals surface area contributed by atoms with Gasteiger partial charge in [0.2, 0.25) is 0 Å². The van der Waals surface area contributed by atoms with Crippen molar-refractivity contribution in [3.8, 4) is 0 Å². The summed E-state index contributed by atoms with van der Waals surface area (Å²) in [5.74, 6) is 0.700. The molecule has 1 saturated heterocycles. The molecule has 2 heterocycles. The van der Waals surface area contributed by atoms with Gasteiger partial charge in [-0.3, -0.25) is 9.88 Å². The molecule has 0 amide bonds. The van der Waals surface area contributed by atoms with Gasteiger partial charge in [-0.25, -0.2) is 0 Å². The van der Waals surface area contributed by atoms with E-state index in [0.29, 0.717) is 5.92 Å². The molecular formula is C16H27N3. The second-order valence-corrected chi connectivity index (χ2v) is 6.02. The van der Waals surface area contributed by atoms with Gasteiger partial charge in [-0.05, 0) is 50.0 Å².